The second kappa shape index (κ2) is 11.4. The Bertz CT molecular complexity index is 1170. The molecule has 1 aliphatic rings. The smallest absolute Gasteiger partial charge is 0.303 e. The van der Waals surface area contributed by atoms with E-state index in [-0.39, 0.29) is 36.1 Å². The molecule has 0 aromatic heterocycles. The molecule has 0 bridgehead atoms. The van der Waals surface area contributed by atoms with Crippen molar-refractivity contribution in [2.45, 2.75) is 70.7 Å². The van der Waals surface area contributed by atoms with Crippen molar-refractivity contribution < 1.29 is 18.3 Å². The van der Waals surface area contributed by atoms with Gasteiger partial charge in [0.05, 0.1) is 17.4 Å². The number of halogens is 2. The maximum atomic E-state index is 13.2. The Labute approximate surface area is 225 Å². The quantitative estimate of drug-likeness (QED) is 0.367. The molecular weight excluding hydrogens is 517 g/mol. The molecule has 1 heterocycles. The van der Waals surface area contributed by atoms with Gasteiger partial charge in [-0.1, -0.05) is 68.2 Å². The van der Waals surface area contributed by atoms with Crippen molar-refractivity contribution in [2.24, 2.45) is 11.3 Å². The molecule has 0 radical (unpaired) electrons. The van der Waals surface area contributed by atoms with Crippen LogP contribution in [0.15, 0.2) is 48.5 Å². The van der Waals surface area contributed by atoms with Gasteiger partial charge in [0.25, 0.3) is 0 Å². The first-order valence-electron chi connectivity index (χ1n) is 12.4. The Hall–Kier alpha value is -1.60. The molecule has 198 valence electrons. The molecule has 0 aliphatic carbocycles. The van der Waals surface area contributed by atoms with Crippen LogP contribution in [0.1, 0.15) is 70.5 Å². The molecule has 36 heavy (non-hydrogen) atoms. The van der Waals surface area contributed by atoms with Gasteiger partial charge >= 0.3 is 5.97 Å². The van der Waals surface area contributed by atoms with E-state index in [0.717, 1.165) is 11.1 Å². The second-order valence-corrected chi connectivity index (χ2v) is 14.6. The number of aliphatic carboxylic acids is 1. The van der Waals surface area contributed by atoms with Crippen molar-refractivity contribution in [1.82, 2.24) is 4.90 Å². The van der Waals surface area contributed by atoms with Crippen LogP contribution in [0, 0.1) is 11.3 Å². The standard InChI is InChI=1S/C28H37Cl2NO4S/c1-18(2)25(16-36(34,35)19(3)4)31-17-28(5,15-26(32)33)14-24(21-7-6-8-23(30)13-21)27(31)20-9-11-22(29)12-10-20/h6-13,18-19,24-25,27H,14-17H2,1-5H3,(H,32,33)/t24-,25?,27-,28-/m1/s1. The molecule has 3 rings (SSSR count). The van der Waals surface area contributed by atoms with Crippen LogP contribution in [0.2, 0.25) is 10.0 Å². The van der Waals surface area contributed by atoms with Gasteiger partial charge in [-0.2, -0.15) is 0 Å². The summed E-state index contributed by atoms with van der Waals surface area (Å²) in [6.45, 7) is 9.97. The van der Waals surface area contributed by atoms with Gasteiger partial charge in [-0.15, -0.1) is 0 Å². The summed E-state index contributed by atoms with van der Waals surface area (Å²) in [5.41, 5.74) is 1.48. The van der Waals surface area contributed by atoms with Crippen molar-refractivity contribution in [3.63, 3.8) is 0 Å². The van der Waals surface area contributed by atoms with Gasteiger partial charge in [0.15, 0.2) is 9.84 Å². The molecule has 0 amide bonds. The summed E-state index contributed by atoms with van der Waals surface area (Å²) in [6, 6.07) is 14.9. The summed E-state index contributed by atoms with van der Waals surface area (Å²) in [5, 5.41) is 10.5. The highest BCUT2D eigenvalue weighted by molar-refractivity contribution is 7.92. The Morgan fingerprint density at radius 3 is 2.22 bits per heavy atom. The van der Waals surface area contributed by atoms with E-state index in [1.165, 1.54) is 0 Å². The van der Waals surface area contributed by atoms with E-state index in [9.17, 15) is 18.3 Å². The number of nitrogens with zero attached hydrogens (tertiary/aromatic N) is 1. The first-order chi connectivity index (χ1) is 16.7. The number of benzene rings is 2. The number of sulfone groups is 1. The van der Waals surface area contributed by atoms with Crippen molar-refractivity contribution in [3.05, 3.63) is 69.7 Å². The van der Waals surface area contributed by atoms with Gasteiger partial charge < -0.3 is 5.11 Å². The number of carboxylic acids is 1. The van der Waals surface area contributed by atoms with E-state index in [0.29, 0.717) is 23.0 Å². The van der Waals surface area contributed by atoms with Crippen molar-refractivity contribution in [2.75, 3.05) is 12.3 Å². The van der Waals surface area contributed by atoms with E-state index in [2.05, 4.69) is 4.90 Å². The van der Waals surface area contributed by atoms with Crippen LogP contribution in [-0.4, -0.2) is 48.0 Å². The lowest BCUT2D eigenvalue weighted by Crippen LogP contribution is -2.55. The summed E-state index contributed by atoms with van der Waals surface area (Å²) in [7, 11) is -3.35. The Kier molecular flexibility index (Phi) is 9.19. The van der Waals surface area contributed by atoms with Crippen LogP contribution in [0.4, 0.5) is 0 Å². The van der Waals surface area contributed by atoms with Gasteiger partial charge in [-0.25, -0.2) is 8.42 Å². The fraction of sp³-hybridized carbons (Fsp3) is 0.536. The average Bonchev–Trinajstić information content (AvgIpc) is 2.76. The van der Waals surface area contributed by atoms with Crippen LogP contribution in [0.25, 0.3) is 0 Å². The molecule has 4 atom stereocenters. The zero-order valence-electron chi connectivity index (χ0n) is 21.6. The van der Waals surface area contributed by atoms with Crippen molar-refractivity contribution >= 4 is 39.0 Å². The second-order valence-electron chi connectivity index (χ2n) is 11.1. The zero-order valence-corrected chi connectivity index (χ0v) is 23.9. The molecule has 1 N–H and O–H groups in total. The van der Waals surface area contributed by atoms with Crippen LogP contribution in [-0.2, 0) is 14.6 Å². The molecule has 2 aromatic rings. The number of rotatable bonds is 9. The number of hydrogen-bond acceptors (Lipinski definition) is 4. The number of likely N-dealkylation sites (tertiary alicyclic amines) is 1. The molecule has 2 aromatic carbocycles. The molecule has 5 nitrogen and oxygen atoms in total. The Morgan fingerprint density at radius 1 is 1.06 bits per heavy atom. The van der Waals surface area contributed by atoms with E-state index in [1.54, 1.807) is 13.8 Å². The van der Waals surface area contributed by atoms with E-state index in [1.807, 2.05) is 69.3 Å². The third-order valence-electron chi connectivity index (χ3n) is 7.40. The highest BCUT2D eigenvalue weighted by atomic mass is 35.5. The van der Waals surface area contributed by atoms with E-state index < -0.39 is 26.5 Å². The lowest BCUT2D eigenvalue weighted by Gasteiger charge is -2.53. The largest absolute Gasteiger partial charge is 0.481 e. The summed E-state index contributed by atoms with van der Waals surface area (Å²) >= 11 is 12.6. The molecule has 0 saturated carbocycles. The topological polar surface area (TPSA) is 74.7 Å². The summed E-state index contributed by atoms with van der Waals surface area (Å²) < 4.78 is 26.3. The maximum Gasteiger partial charge on any atom is 0.303 e. The predicted octanol–water partition coefficient (Wildman–Crippen LogP) is 6.85. The fourth-order valence-electron chi connectivity index (χ4n) is 5.52. The summed E-state index contributed by atoms with van der Waals surface area (Å²) in [5.74, 6) is -0.910. The van der Waals surface area contributed by atoms with Crippen molar-refractivity contribution in [1.29, 1.82) is 0 Å². The number of piperidine rings is 1. The normalized spacial score (nSPS) is 24.2. The predicted molar refractivity (Wildman–Crippen MR) is 148 cm³/mol. The number of carboxylic acid groups (broad SMARTS) is 1. The fourth-order valence-corrected chi connectivity index (χ4v) is 7.28. The monoisotopic (exact) mass is 553 g/mol. The van der Waals surface area contributed by atoms with Crippen LogP contribution in [0.5, 0.6) is 0 Å². The first-order valence-corrected chi connectivity index (χ1v) is 14.9. The zero-order chi connectivity index (χ0) is 26.8. The molecule has 1 fully saturated rings. The van der Waals surface area contributed by atoms with Crippen LogP contribution < -0.4 is 0 Å². The van der Waals surface area contributed by atoms with Gasteiger partial charge in [-0.05, 0) is 67.0 Å². The SMILES string of the molecule is CC(C)C(CS(=O)(=O)C(C)C)N1C[C@@](C)(CC(=O)O)C[C@H](c2cccc(Cl)c2)[C@H]1c1ccc(Cl)cc1. The Balaban J connectivity index is 2.23. The third kappa shape index (κ3) is 6.83. The maximum absolute atomic E-state index is 13.2. The van der Waals surface area contributed by atoms with Crippen molar-refractivity contribution in [3.8, 4) is 0 Å². The molecule has 1 unspecified atom stereocenters. The summed E-state index contributed by atoms with van der Waals surface area (Å²) in [6.07, 6.45) is 0.626. The number of hydrogen-bond donors (Lipinski definition) is 1. The van der Waals surface area contributed by atoms with Crippen LogP contribution in [0.3, 0.4) is 0 Å². The summed E-state index contributed by atoms with van der Waals surface area (Å²) in [4.78, 5) is 14.2. The number of carbonyl (C=O) groups is 1. The van der Waals surface area contributed by atoms with Gasteiger partial charge in [0.2, 0.25) is 0 Å². The average molecular weight is 555 g/mol. The molecule has 1 aliphatic heterocycles. The highest BCUT2D eigenvalue weighted by Crippen LogP contribution is 2.51. The minimum Gasteiger partial charge on any atom is -0.481 e. The van der Waals surface area contributed by atoms with Gasteiger partial charge in [0.1, 0.15) is 0 Å². The highest BCUT2D eigenvalue weighted by Gasteiger charge is 2.48. The molecule has 8 heteroatoms. The molecule has 0 spiro atoms. The van der Waals surface area contributed by atoms with E-state index >= 15 is 0 Å². The lowest BCUT2D eigenvalue weighted by atomic mass is 9.67. The van der Waals surface area contributed by atoms with Gasteiger partial charge in [0, 0.05) is 34.6 Å². The lowest BCUT2D eigenvalue weighted by molar-refractivity contribution is -0.141. The first kappa shape index (κ1) is 29.0. The van der Waals surface area contributed by atoms with Crippen LogP contribution >= 0.6 is 23.2 Å². The van der Waals surface area contributed by atoms with E-state index in [4.69, 9.17) is 23.2 Å². The third-order valence-corrected chi connectivity index (χ3v) is 10.1. The molecule has 1 saturated heterocycles. The Morgan fingerprint density at radius 2 is 1.69 bits per heavy atom. The minimum atomic E-state index is -3.35. The minimum absolute atomic E-state index is 0.00432. The molecular formula is C28H37Cl2NO4S. The van der Waals surface area contributed by atoms with Gasteiger partial charge in [-0.3, -0.25) is 9.69 Å².